The smallest absolute Gasteiger partial charge is 0.311 e. The first-order valence-corrected chi connectivity index (χ1v) is 6.87. The van der Waals surface area contributed by atoms with Crippen LogP contribution in [0, 0.1) is 0 Å². The molecule has 1 rings (SSSR count). The molecule has 19 heavy (non-hydrogen) atoms. The fourth-order valence-corrected chi connectivity index (χ4v) is 2.29. The molecule has 0 saturated carbocycles. The number of alkyl halides is 3. The molecule has 0 bridgehead atoms. The lowest BCUT2D eigenvalue weighted by molar-refractivity contribution is -0.325. The van der Waals surface area contributed by atoms with Crippen LogP contribution in [-0.2, 0) is 4.74 Å². The summed E-state index contributed by atoms with van der Waals surface area (Å²) in [5, 5.41) is 3.42. The Morgan fingerprint density at radius 3 is 2.47 bits per heavy atom. The first kappa shape index (κ1) is 16.7. The minimum Gasteiger partial charge on any atom is -0.311 e. The molecule has 1 heterocycles. The third kappa shape index (κ3) is 7.74. The number of ether oxygens (including phenoxy) is 1. The van der Waals surface area contributed by atoms with Crippen molar-refractivity contribution in [2.75, 3.05) is 26.2 Å². The second-order valence-electron chi connectivity index (χ2n) is 6.11. The number of hydrogen-bond acceptors (Lipinski definition) is 3. The van der Waals surface area contributed by atoms with Gasteiger partial charge in [0.25, 0.3) is 0 Å². The molecule has 0 amide bonds. The van der Waals surface area contributed by atoms with E-state index in [1.54, 1.807) is 0 Å². The van der Waals surface area contributed by atoms with Crippen molar-refractivity contribution >= 4 is 0 Å². The number of rotatable bonds is 5. The minimum atomic E-state index is -4.52. The van der Waals surface area contributed by atoms with Crippen LogP contribution >= 0.6 is 0 Å². The SMILES string of the molecule is CC(C)(C)NCC1CCCCN1CCOC(F)(F)F. The zero-order valence-corrected chi connectivity index (χ0v) is 12.0. The molecule has 0 radical (unpaired) electrons. The van der Waals surface area contributed by atoms with Gasteiger partial charge < -0.3 is 5.32 Å². The molecule has 3 nitrogen and oxygen atoms in total. The monoisotopic (exact) mass is 282 g/mol. The van der Waals surface area contributed by atoms with Crippen molar-refractivity contribution in [1.82, 2.24) is 10.2 Å². The van der Waals surface area contributed by atoms with E-state index in [9.17, 15) is 13.2 Å². The second kappa shape index (κ2) is 6.90. The number of nitrogens with zero attached hydrogens (tertiary/aromatic N) is 1. The zero-order chi connectivity index (χ0) is 14.5. The average molecular weight is 282 g/mol. The summed E-state index contributed by atoms with van der Waals surface area (Å²) in [6.07, 6.45) is -1.28. The molecule has 0 aliphatic carbocycles. The van der Waals surface area contributed by atoms with Gasteiger partial charge in [0.05, 0.1) is 6.61 Å². The summed E-state index contributed by atoms with van der Waals surface area (Å²) in [6, 6.07) is 0.310. The van der Waals surface area contributed by atoms with Gasteiger partial charge in [-0.25, -0.2) is 0 Å². The summed E-state index contributed by atoms with van der Waals surface area (Å²) in [4.78, 5) is 2.11. The predicted molar refractivity (Wildman–Crippen MR) is 69.0 cm³/mol. The number of piperidine rings is 1. The second-order valence-corrected chi connectivity index (χ2v) is 6.11. The maximum atomic E-state index is 12.0. The lowest BCUT2D eigenvalue weighted by Crippen LogP contribution is -2.50. The highest BCUT2D eigenvalue weighted by molar-refractivity contribution is 4.82. The van der Waals surface area contributed by atoms with Gasteiger partial charge in [-0.2, -0.15) is 0 Å². The molecule has 0 aromatic carbocycles. The maximum absolute atomic E-state index is 12.0. The fraction of sp³-hybridized carbons (Fsp3) is 1.00. The topological polar surface area (TPSA) is 24.5 Å². The molecule has 0 aromatic rings. The number of likely N-dealkylation sites (tertiary alicyclic amines) is 1. The number of hydrogen-bond donors (Lipinski definition) is 1. The Kier molecular flexibility index (Phi) is 6.08. The zero-order valence-electron chi connectivity index (χ0n) is 12.0. The highest BCUT2D eigenvalue weighted by Gasteiger charge is 2.30. The van der Waals surface area contributed by atoms with Crippen LogP contribution in [0.2, 0.25) is 0 Å². The maximum Gasteiger partial charge on any atom is 0.522 e. The molecule has 1 aliphatic rings. The molecular formula is C13H25F3N2O. The molecule has 0 aromatic heterocycles. The van der Waals surface area contributed by atoms with Crippen LogP contribution in [0.5, 0.6) is 0 Å². The van der Waals surface area contributed by atoms with Gasteiger partial charge in [0.1, 0.15) is 0 Å². The summed E-state index contributed by atoms with van der Waals surface area (Å²) in [5.41, 5.74) is 0.0333. The van der Waals surface area contributed by atoms with Gasteiger partial charge in [0.15, 0.2) is 0 Å². The van der Waals surface area contributed by atoms with Crippen molar-refractivity contribution in [3.05, 3.63) is 0 Å². The standard InChI is InChI=1S/C13H25F3N2O/c1-12(2,3)17-10-11-6-4-5-7-18(11)8-9-19-13(14,15)16/h11,17H,4-10H2,1-3H3. The first-order chi connectivity index (χ1) is 8.67. The molecule has 0 spiro atoms. The van der Waals surface area contributed by atoms with Crippen LogP contribution in [0.15, 0.2) is 0 Å². The molecule has 1 unspecified atom stereocenters. The highest BCUT2D eigenvalue weighted by atomic mass is 19.4. The largest absolute Gasteiger partial charge is 0.522 e. The third-order valence-electron chi connectivity index (χ3n) is 3.26. The van der Waals surface area contributed by atoms with E-state index in [2.05, 4.69) is 35.7 Å². The van der Waals surface area contributed by atoms with Crippen molar-refractivity contribution in [3.63, 3.8) is 0 Å². The molecule has 1 aliphatic heterocycles. The average Bonchev–Trinajstić information content (AvgIpc) is 2.25. The lowest BCUT2D eigenvalue weighted by atomic mass is 10.0. The van der Waals surface area contributed by atoms with E-state index >= 15 is 0 Å². The van der Waals surface area contributed by atoms with Gasteiger partial charge in [-0.1, -0.05) is 6.42 Å². The summed E-state index contributed by atoms with van der Waals surface area (Å²) in [5.74, 6) is 0. The van der Waals surface area contributed by atoms with E-state index in [-0.39, 0.29) is 12.1 Å². The van der Waals surface area contributed by atoms with E-state index in [4.69, 9.17) is 0 Å². The molecular weight excluding hydrogens is 257 g/mol. The normalized spacial score (nSPS) is 22.7. The van der Waals surface area contributed by atoms with E-state index < -0.39 is 6.36 Å². The Balaban J connectivity index is 2.35. The van der Waals surface area contributed by atoms with E-state index in [1.807, 2.05) is 0 Å². The predicted octanol–water partition coefficient (Wildman–Crippen LogP) is 2.77. The van der Waals surface area contributed by atoms with Crippen molar-refractivity contribution in [2.45, 2.75) is 58.0 Å². The van der Waals surface area contributed by atoms with Crippen molar-refractivity contribution in [2.24, 2.45) is 0 Å². The van der Waals surface area contributed by atoms with E-state index in [0.29, 0.717) is 12.6 Å². The summed E-state index contributed by atoms with van der Waals surface area (Å²) in [7, 11) is 0. The first-order valence-electron chi connectivity index (χ1n) is 6.87. The Hall–Kier alpha value is -0.330. The summed E-state index contributed by atoms with van der Waals surface area (Å²) < 4.78 is 39.7. The van der Waals surface area contributed by atoms with Gasteiger partial charge in [-0.05, 0) is 40.2 Å². The van der Waals surface area contributed by atoms with Crippen LogP contribution in [-0.4, -0.2) is 49.1 Å². The fourth-order valence-electron chi connectivity index (χ4n) is 2.29. The Labute approximate surface area is 113 Å². The van der Waals surface area contributed by atoms with Crippen LogP contribution in [0.4, 0.5) is 13.2 Å². The van der Waals surface area contributed by atoms with Gasteiger partial charge in [0.2, 0.25) is 0 Å². The summed E-state index contributed by atoms with van der Waals surface area (Å²) >= 11 is 0. The van der Waals surface area contributed by atoms with Crippen LogP contribution in [0.1, 0.15) is 40.0 Å². The van der Waals surface area contributed by atoms with Gasteiger partial charge >= 0.3 is 6.36 Å². The quantitative estimate of drug-likeness (QED) is 0.839. The Morgan fingerprint density at radius 2 is 1.89 bits per heavy atom. The van der Waals surface area contributed by atoms with Gasteiger partial charge in [-0.3, -0.25) is 9.64 Å². The van der Waals surface area contributed by atoms with Crippen LogP contribution < -0.4 is 5.32 Å². The minimum absolute atomic E-state index is 0.0333. The van der Waals surface area contributed by atoms with Crippen molar-refractivity contribution in [1.29, 1.82) is 0 Å². The van der Waals surface area contributed by atoms with Gasteiger partial charge in [0, 0.05) is 24.7 Å². The lowest BCUT2D eigenvalue weighted by Gasteiger charge is -2.37. The molecule has 1 fully saturated rings. The summed E-state index contributed by atoms with van der Waals surface area (Å²) in [6.45, 7) is 8.01. The van der Waals surface area contributed by atoms with Crippen molar-refractivity contribution < 1.29 is 17.9 Å². The Bertz CT molecular complexity index is 264. The highest BCUT2D eigenvalue weighted by Crippen LogP contribution is 2.19. The van der Waals surface area contributed by atoms with Crippen LogP contribution in [0.3, 0.4) is 0 Å². The van der Waals surface area contributed by atoms with Crippen LogP contribution in [0.25, 0.3) is 0 Å². The van der Waals surface area contributed by atoms with E-state index in [1.165, 1.54) is 0 Å². The molecule has 1 atom stereocenters. The molecule has 1 saturated heterocycles. The Morgan fingerprint density at radius 1 is 1.21 bits per heavy atom. The molecule has 114 valence electrons. The van der Waals surface area contributed by atoms with Gasteiger partial charge in [-0.15, -0.1) is 13.2 Å². The number of halogens is 3. The van der Waals surface area contributed by atoms with Crippen molar-refractivity contribution in [3.8, 4) is 0 Å². The number of nitrogens with one attached hydrogen (secondary N) is 1. The van der Waals surface area contributed by atoms with E-state index in [0.717, 1.165) is 32.4 Å². The molecule has 1 N–H and O–H groups in total. The molecule has 6 heteroatoms. The third-order valence-corrected chi connectivity index (χ3v) is 3.26.